The molecule has 0 aromatic heterocycles. The van der Waals surface area contributed by atoms with Crippen LogP contribution in [0.3, 0.4) is 0 Å². The summed E-state index contributed by atoms with van der Waals surface area (Å²) in [7, 11) is 0. The number of terminal acetylenes is 1. The zero-order valence-electron chi connectivity index (χ0n) is 25.5. The molecule has 0 spiro atoms. The Morgan fingerprint density at radius 1 is 1.14 bits per heavy atom. The lowest BCUT2D eigenvalue weighted by molar-refractivity contribution is -0.150. The van der Waals surface area contributed by atoms with Crippen LogP contribution in [0.4, 0.5) is 0 Å². The SMILES string of the molecule is C#C[C@@]1(O)CC[C@@H]2[C@@H]3CCC4=C/C(=N/OCC(=O)N[C@H](C(=O)N5CCC[C@H]5C(=O)O)C(C)C)CC[C@]4(C)[C@@H]3CC[C@@]21C. The lowest BCUT2D eigenvalue weighted by Gasteiger charge is -2.58. The van der Waals surface area contributed by atoms with Crippen molar-refractivity contribution in [1.29, 1.82) is 0 Å². The minimum Gasteiger partial charge on any atom is -0.480 e. The van der Waals surface area contributed by atoms with Gasteiger partial charge in [-0.3, -0.25) is 9.59 Å². The number of carbonyl (C=O) groups excluding carboxylic acids is 2. The van der Waals surface area contributed by atoms with Crippen molar-refractivity contribution >= 4 is 23.5 Å². The van der Waals surface area contributed by atoms with Crippen molar-refractivity contribution in [3.05, 3.63) is 11.6 Å². The molecule has 230 valence electrons. The molecule has 2 amide bonds. The number of aliphatic hydroxyl groups is 1. The number of fused-ring (bicyclic) bond motifs is 5. The number of rotatable bonds is 7. The Morgan fingerprint density at radius 3 is 2.57 bits per heavy atom. The van der Waals surface area contributed by atoms with Gasteiger partial charge in [0.25, 0.3) is 5.91 Å². The Labute approximate surface area is 249 Å². The van der Waals surface area contributed by atoms with E-state index >= 15 is 0 Å². The number of carbonyl (C=O) groups is 3. The number of amides is 2. The van der Waals surface area contributed by atoms with Crippen molar-refractivity contribution < 1.29 is 29.4 Å². The van der Waals surface area contributed by atoms with E-state index in [1.54, 1.807) is 0 Å². The quantitative estimate of drug-likeness (QED) is 0.309. The molecule has 1 heterocycles. The van der Waals surface area contributed by atoms with Gasteiger partial charge in [0.1, 0.15) is 17.7 Å². The standard InChI is InChI=1S/C33H47N3O6/c1-6-33(41)16-13-25-23-10-9-21-18-22(11-14-31(21,4)24(23)12-15-32(25,33)5)35-42-19-27(37)34-28(20(2)3)29(38)36-17-7-8-26(36)30(39)40/h1,18,20,23-26,28,41H,7-17,19H2,2-5H3,(H,34,37)(H,39,40)/b35-22+/t23-,24-,25-,26+,28+,31+,32+,33-/m1/s1. The predicted molar refractivity (Wildman–Crippen MR) is 158 cm³/mol. The molecule has 5 aliphatic rings. The first kappa shape index (κ1) is 30.6. The van der Waals surface area contributed by atoms with Crippen LogP contribution in [0.15, 0.2) is 16.8 Å². The van der Waals surface area contributed by atoms with Crippen molar-refractivity contribution in [2.24, 2.45) is 39.7 Å². The molecule has 9 heteroatoms. The molecule has 5 rings (SSSR count). The molecule has 1 saturated heterocycles. The summed E-state index contributed by atoms with van der Waals surface area (Å²) in [6, 6.07) is -1.67. The van der Waals surface area contributed by atoms with E-state index in [-0.39, 0.29) is 29.3 Å². The second-order valence-electron chi connectivity index (χ2n) is 14.2. The maximum absolute atomic E-state index is 13.1. The molecule has 0 aromatic carbocycles. The highest BCUT2D eigenvalue weighted by Gasteiger charge is 2.63. The highest BCUT2D eigenvalue weighted by atomic mass is 16.6. The van der Waals surface area contributed by atoms with Gasteiger partial charge in [0, 0.05) is 12.0 Å². The number of carboxylic acids is 1. The van der Waals surface area contributed by atoms with Gasteiger partial charge >= 0.3 is 5.97 Å². The summed E-state index contributed by atoms with van der Waals surface area (Å²) >= 11 is 0. The Balaban J connectivity index is 1.19. The molecule has 0 bridgehead atoms. The van der Waals surface area contributed by atoms with E-state index in [4.69, 9.17) is 11.3 Å². The van der Waals surface area contributed by atoms with Crippen LogP contribution in [0, 0.1) is 46.8 Å². The van der Waals surface area contributed by atoms with Crippen molar-refractivity contribution in [2.45, 2.75) is 110 Å². The van der Waals surface area contributed by atoms with Crippen LogP contribution >= 0.6 is 0 Å². The van der Waals surface area contributed by atoms with Crippen LogP contribution in [0.25, 0.3) is 0 Å². The second kappa shape index (κ2) is 11.3. The van der Waals surface area contributed by atoms with Crippen LogP contribution in [0.2, 0.25) is 0 Å². The fraction of sp³-hybridized carbons (Fsp3) is 0.758. The first-order valence-corrected chi connectivity index (χ1v) is 15.8. The summed E-state index contributed by atoms with van der Waals surface area (Å²) in [4.78, 5) is 44.2. The highest BCUT2D eigenvalue weighted by molar-refractivity contribution is 5.96. The van der Waals surface area contributed by atoms with Crippen LogP contribution in [-0.2, 0) is 19.2 Å². The van der Waals surface area contributed by atoms with Gasteiger partial charge in [-0.15, -0.1) is 6.42 Å². The number of oxime groups is 1. The lowest BCUT2D eigenvalue weighted by atomic mass is 9.46. The van der Waals surface area contributed by atoms with E-state index in [1.165, 1.54) is 10.5 Å². The summed E-state index contributed by atoms with van der Waals surface area (Å²) < 4.78 is 0. The third-order valence-electron chi connectivity index (χ3n) is 11.8. The number of hydrogen-bond acceptors (Lipinski definition) is 6. The van der Waals surface area contributed by atoms with E-state index < -0.39 is 29.6 Å². The molecule has 42 heavy (non-hydrogen) atoms. The summed E-state index contributed by atoms with van der Waals surface area (Å²) in [6.45, 7) is 8.32. The van der Waals surface area contributed by atoms with Crippen LogP contribution < -0.4 is 5.32 Å². The van der Waals surface area contributed by atoms with E-state index in [9.17, 15) is 24.6 Å². The number of nitrogens with one attached hydrogen (secondary N) is 1. The second-order valence-corrected chi connectivity index (χ2v) is 14.2. The topological polar surface area (TPSA) is 129 Å². The predicted octanol–water partition coefficient (Wildman–Crippen LogP) is 3.90. The summed E-state index contributed by atoms with van der Waals surface area (Å²) in [5.74, 6) is 2.29. The summed E-state index contributed by atoms with van der Waals surface area (Å²) in [5, 5.41) is 27.7. The Kier molecular flexibility index (Phi) is 8.25. The molecule has 4 aliphatic carbocycles. The molecule has 0 unspecified atom stereocenters. The van der Waals surface area contributed by atoms with Gasteiger partial charge in [0.15, 0.2) is 6.61 Å². The molecular formula is C33H47N3O6. The lowest BCUT2D eigenvalue weighted by Crippen LogP contribution is -2.54. The van der Waals surface area contributed by atoms with Crippen LogP contribution in [-0.4, -0.2) is 69.4 Å². The van der Waals surface area contributed by atoms with Crippen LogP contribution in [0.1, 0.15) is 91.9 Å². The maximum Gasteiger partial charge on any atom is 0.326 e. The molecule has 3 N–H and O–H groups in total. The molecule has 8 atom stereocenters. The number of aliphatic carboxylic acids is 1. The molecule has 0 aromatic rings. The van der Waals surface area contributed by atoms with Crippen molar-refractivity contribution in [1.82, 2.24) is 10.2 Å². The smallest absolute Gasteiger partial charge is 0.326 e. The third kappa shape index (κ3) is 5.04. The number of nitrogens with zero attached hydrogens (tertiary/aromatic N) is 2. The Hall–Kier alpha value is -2.86. The number of hydrogen-bond donors (Lipinski definition) is 3. The van der Waals surface area contributed by atoms with E-state index in [0.29, 0.717) is 43.6 Å². The fourth-order valence-corrected chi connectivity index (χ4v) is 9.26. The molecule has 9 nitrogen and oxygen atoms in total. The van der Waals surface area contributed by atoms with Gasteiger partial charge in [0.05, 0.1) is 5.71 Å². The number of likely N-dealkylation sites (tertiary alicyclic amines) is 1. The van der Waals surface area contributed by atoms with Crippen molar-refractivity contribution in [2.75, 3.05) is 13.2 Å². The third-order valence-corrected chi connectivity index (χ3v) is 11.8. The average molecular weight is 582 g/mol. The van der Waals surface area contributed by atoms with Gasteiger partial charge in [-0.25, -0.2) is 4.79 Å². The highest BCUT2D eigenvalue weighted by Crippen LogP contribution is 2.67. The minimum absolute atomic E-state index is 0.0890. The molecule has 1 aliphatic heterocycles. The van der Waals surface area contributed by atoms with Gasteiger partial charge in [-0.05, 0) is 99.4 Å². The normalized spacial score (nSPS) is 39.0. The zero-order chi connectivity index (χ0) is 30.4. The zero-order valence-corrected chi connectivity index (χ0v) is 25.5. The monoisotopic (exact) mass is 581 g/mol. The Morgan fingerprint density at radius 2 is 1.88 bits per heavy atom. The van der Waals surface area contributed by atoms with E-state index in [2.05, 4.69) is 36.3 Å². The Bertz CT molecular complexity index is 1220. The maximum atomic E-state index is 13.1. The molecular weight excluding hydrogens is 534 g/mol. The van der Waals surface area contributed by atoms with E-state index in [1.807, 2.05) is 13.8 Å². The minimum atomic E-state index is -1.02. The first-order chi connectivity index (χ1) is 19.8. The first-order valence-electron chi connectivity index (χ1n) is 15.8. The largest absolute Gasteiger partial charge is 0.480 e. The number of carboxylic acid groups (broad SMARTS) is 1. The molecule has 4 fully saturated rings. The van der Waals surface area contributed by atoms with Gasteiger partial charge in [0.2, 0.25) is 5.91 Å². The van der Waals surface area contributed by atoms with Gasteiger partial charge in [-0.1, -0.05) is 44.3 Å². The van der Waals surface area contributed by atoms with Crippen molar-refractivity contribution in [3.8, 4) is 12.3 Å². The summed E-state index contributed by atoms with van der Waals surface area (Å²) in [5.41, 5.74) is 1.12. The van der Waals surface area contributed by atoms with E-state index in [0.717, 1.165) is 50.7 Å². The van der Waals surface area contributed by atoms with Gasteiger partial charge in [-0.2, -0.15) is 0 Å². The molecule has 3 saturated carbocycles. The van der Waals surface area contributed by atoms with Gasteiger partial charge < -0.3 is 25.3 Å². The van der Waals surface area contributed by atoms with Crippen molar-refractivity contribution in [3.63, 3.8) is 0 Å². The average Bonchev–Trinajstić information content (AvgIpc) is 3.55. The van der Waals surface area contributed by atoms with Crippen LogP contribution in [0.5, 0.6) is 0 Å². The fourth-order valence-electron chi connectivity index (χ4n) is 9.26. The summed E-state index contributed by atoms with van der Waals surface area (Å²) in [6.07, 6.45) is 16.6. The number of allylic oxidation sites excluding steroid dienone is 2. The molecule has 0 radical (unpaired) electrons.